The number of pyridine rings is 1. The summed E-state index contributed by atoms with van der Waals surface area (Å²) in [6.45, 7) is -0.990. The summed E-state index contributed by atoms with van der Waals surface area (Å²) in [5.41, 5.74) is 2.84. The molecule has 0 bridgehead atoms. The van der Waals surface area contributed by atoms with Crippen LogP contribution in [0.15, 0.2) is 67.0 Å². The van der Waals surface area contributed by atoms with Gasteiger partial charge in [-0.1, -0.05) is 24.3 Å². The second-order valence-electron chi connectivity index (χ2n) is 10.6. The Bertz CT molecular complexity index is 1680. The summed E-state index contributed by atoms with van der Waals surface area (Å²) < 4.78 is 96.3. The van der Waals surface area contributed by atoms with Crippen LogP contribution >= 0.6 is 0 Å². The lowest BCUT2D eigenvalue weighted by Crippen LogP contribution is -2.39. The molecule has 1 N–H and O–H groups in total. The molecule has 4 aromatic rings. The van der Waals surface area contributed by atoms with Crippen LogP contribution in [0.2, 0.25) is 0 Å². The number of rotatable bonds is 8. The fourth-order valence-corrected chi connectivity index (χ4v) is 5.59. The Morgan fingerprint density at radius 2 is 1.67 bits per heavy atom. The number of amides is 2. The number of alkyl halides is 6. The molecule has 7 nitrogen and oxygen atoms in total. The molecule has 2 aromatic carbocycles. The van der Waals surface area contributed by atoms with Gasteiger partial charge in [-0.05, 0) is 71.3 Å². The third-order valence-electron chi connectivity index (χ3n) is 7.73. The number of likely N-dealkylation sites (tertiary alicyclic amines) is 1. The Hall–Kier alpha value is -4.46. The van der Waals surface area contributed by atoms with Crippen LogP contribution in [0, 0.1) is 5.82 Å². The molecule has 0 aliphatic carbocycles. The topological polar surface area (TPSA) is 76.5 Å². The van der Waals surface area contributed by atoms with Crippen molar-refractivity contribution in [3.8, 4) is 11.1 Å². The van der Waals surface area contributed by atoms with E-state index in [0.717, 1.165) is 17.2 Å². The van der Waals surface area contributed by atoms with Gasteiger partial charge < -0.3 is 14.8 Å². The molecule has 45 heavy (non-hydrogen) atoms. The van der Waals surface area contributed by atoms with E-state index >= 15 is 0 Å². The molecule has 14 heteroatoms. The van der Waals surface area contributed by atoms with Crippen molar-refractivity contribution in [2.75, 3.05) is 19.7 Å². The van der Waals surface area contributed by atoms with Gasteiger partial charge in [0.15, 0.2) is 0 Å². The van der Waals surface area contributed by atoms with Gasteiger partial charge in [-0.2, -0.15) is 13.2 Å². The molecule has 0 atom stereocenters. The number of carbonyl (C=O) groups is 2. The van der Waals surface area contributed by atoms with E-state index in [0.29, 0.717) is 23.7 Å². The predicted molar refractivity (Wildman–Crippen MR) is 149 cm³/mol. The number of piperidine rings is 1. The third-order valence-corrected chi connectivity index (χ3v) is 7.73. The van der Waals surface area contributed by atoms with E-state index in [1.165, 1.54) is 16.7 Å². The molecule has 2 aromatic heterocycles. The van der Waals surface area contributed by atoms with Crippen molar-refractivity contribution < 1.29 is 45.1 Å². The second-order valence-corrected chi connectivity index (χ2v) is 10.6. The number of hydrogen-bond donors (Lipinski definition) is 1. The van der Waals surface area contributed by atoms with Gasteiger partial charge in [-0.3, -0.25) is 19.3 Å². The Balaban J connectivity index is 1.36. The summed E-state index contributed by atoms with van der Waals surface area (Å²) in [4.78, 5) is 30.6. The Morgan fingerprint density at radius 1 is 0.956 bits per heavy atom. The zero-order valence-electron chi connectivity index (χ0n) is 23.6. The van der Waals surface area contributed by atoms with E-state index in [4.69, 9.17) is 0 Å². The molecule has 1 aliphatic rings. The van der Waals surface area contributed by atoms with E-state index in [1.54, 1.807) is 52.9 Å². The number of fused-ring (bicyclic) bond motifs is 1. The third kappa shape index (κ3) is 7.44. The van der Waals surface area contributed by atoms with E-state index in [9.17, 15) is 40.3 Å². The Morgan fingerprint density at radius 3 is 2.33 bits per heavy atom. The highest BCUT2D eigenvalue weighted by molar-refractivity contribution is 6.03. The highest BCUT2D eigenvalue weighted by Crippen LogP contribution is 2.34. The lowest BCUT2D eigenvalue weighted by atomic mass is 9.88. The van der Waals surface area contributed by atoms with E-state index in [1.807, 2.05) is 6.07 Å². The maximum atomic E-state index is 14.8. The fourth-order valence-electron chi connectivity index (χ4n) is 5.59. The van der Waals surface area contributed by atoms with Gasteiger partial charge in [0.1, 0.15) is 11.5 Å². The van der Waals surface area contributed by atoms with Gasteiger partial charge in [0.25, 0.3) is 5.91 Å². The molecular weight excluding hydrogens is 609 g/mol. The van der Waals surface area contributed by atoms with Crippen LogP contribution in [-0.4, -0.2) is 58.5 Å². The van der Waals surface area contributed by atoms with Gasteiger partial charge in [-0.15, -0.1) is 13.2 Å². The molecule has 1 aliphatic heterocycles. The van der Waals surface area contributed by atoms with Gasteiger partial charge in [-0.25, -0.2) is 4.39 Å². The highest BCUT2D eigenvalue weighted by Gasteiger charge is 2.38. The first-order valence-electron chi connectivity index (χ1n) is 14.0. The first-order valence-corrected chi connectivity index (χ1v) is 14.0. The average molecular weight is 637 g/mol. The lowest BCUT2D eigenvalue weighted by Gasteiger charge is -2.32. The van der Waals surface area contributed by atoms with Crippen molar-refractivity contribution >= 4 is 22.7 Å². The number of nitrogens with zero attached hydrogens (tertiary/aromatic N) is 3. The normalized spacial score (nSPS) is 14.6. The summed E-state index contributed by atoms with van der Waals surface area (Å²) in [5, 5.41) is 2.42. The molecule has 1 saturated heterocycles. The maximum Gasteiger partial charge on any atom is 0.522 e. The molecule has 0 saturated carbocycles. The van der Waals surface area contributed by atoms with E-state index in [-0.39, 0.29) is 42.4 Å². The zero-order valence-corrected chi connectivity index (χ0v) is 23.6. The van der Waals surface area contributed by atoms with Crippen LogP contribution < -0.4 is 5.32 Å². The van der Waals surface area contributed by atoms with Crippen molar-refractivity contribution in [1.82, 2.24) is 19.8 Å². The minimum absolute atomic E-state index is 0.171. The van der Waals surface area contributed by atoms with Gasteiger partial charge in [0, 0.05) is 49.5 Å². The molecule has 1 fully saturated rings. The van der Waals surface area contributed by atoms with E-state index in [2.05, 4.69) is 9.72 Å². The number of halogens is 7. The summed E-state index contributed by atoms with van der Waals surface area (Å²) in [5.74, 6) is -3.42. The predicted octanol–water partition coefficient (Wildman–Crippen LogP) is 6.58. The lowest BCUT2D eigenvalue weighted by molar-refractivity contribution is -0.325. The van der Waals surface area contributed by atoms with Gasteiger partial charge >= 0.3 is 18.4 Å². The Labute approximate surface area is 252 Å². The van der Waals surface area contributed by atoms with Crippen LogP contribution in [0.5, 0.6) is 0 Å². The van der Waals surface area contributed by atoms with Crippen LogP contribution in [0.1, 0.15) is 40.4 Å². The van der Waals surface area contributed by atoms with Crippen LogP contribution in [-0.2, 0) is 22.6 Å². The number of benzene rings is 2. The molecule has 0 radical (unpaired) electrons. The first kappa shape index (κ1) is 31.9. The number of aromatic nitrogens is 2. The molecule has 0 unspecified atom stereocenters. The van der Waals surface area contributed by atoms with Crippen molar-refractivity contribution in [1.29, 1.82) is 0 Å². The molecule has 0 spiro atoms. The van der Waals surface area contributed by atoms with Crippen molar-refractivity contribution in [3.63, 3.8) is 0 Å². The van der Waals surface area contributed by atoms with Crippen LogP contribution in [0.25, 0.3) is 22.0 Å². The summed E-state index contributed by atoms with van der Waals surface area (Å²) >= 11 is 0. The average Bonchev–Trinajstić information content (AvgIpc) is 3.38. The highest BCUT2D eigenvalue weighted by atomic mass is 19.4. The van der Waals surface area contributed by atoms with Crippen molar-refractivity contribution in [2.45, 2.75) is 44.4 Å². The minimum Gasteiger partial charge on any atom is -0.344 e. The monoisotopic (exact) mass is 636 g/mol. The second kappa shape index (κ2) is 12.9. The van der Waals surface area contributed by atoms with Crippen molar-refractivity contribution in [2.24, 2.45) is 0 Å². The smallest absolute Gasteiger partial charge is 0.344 e. The standard InChI is InChI=1S/C31H27F7N4O3/c32-25-5-4-19(18-40-29(44)30(33,34)35)16-23(25)21-8-12-41(13-9-21)28(43)27-17-24-22(20-6-10-39-11-7-20)2-1-3-26(24)42(27)14-15-45-31(36,37)38/h1-7,10-11,16-17,21H,8-9,12-15,18H2,(H,40,44). The Kier molecular flexibility index (Phi) is 9.14. The summed E-state index contributed by atoms with van der Waals surface area (Å²) in [6.07, 6.45) is -6.00. The number of ether oxygens (including phenoxy) is 1. The van der Waals surface area contributed by atoms with Gasteiger partial charge in [0.05, 0.1) is 6.61 Å². The summed E-state index contributed by atoms with van der Waals surface area (Å²) in [6, 6.07) is 14.3. The first-order chi connectivity index (χ1) is 21.3. The quantitative estimate of drug-likeness (QED) is 0.222. The van der Waals surface area contributed by atoms with Gasteiger partial charge in [0.2, 0.25) is 0 Å². The fraction of sp³-hybridized carbons (Fsp3) is 0.323. The number of nitrogens with one attached hydrogen (secondary N) is 1. The molecule has 5 rings (SSSR count). The van der Waals surface area contributed by atoms with Crippen LogP contribution in [0.3, 0.4) is 0 Å². The molecule has 2 amide bonds. The minimum atomic E-state index is -5.04. The van der Waals surface area contributed by atoms with Crippen molar-refractivity contribution in [3.05, 3.63) is 89.6 Å². The molecule has 238 valence electrons. The number of carbonyl (C=O) groups excluding carboxylic acids is 2. The maximum absolute atomic E-state index is 14.8. The zero-order chi connectivity index (χ0) is 32.4. The molecular formula is C31H27F7N4O3. The molecule has 3 heterocycles. The number of hydrogen-bond acceptors (Lipinski definition) is 4. The SMILES string of the molecule is O=C(c1cc2c(-c3ccncc3)cccc2n1CCOC(F)(F)F)N1CCC(c2cc(CNC(=O)C(F)(F)F)ccc2F)CC1. The largest absolute Gasteiger partial charge is 0.522 e. The summed E-state index contributed by atoms with van der Waals surface area (Å²) in [7, 11) is 0. The van der Waals surface area contributed by atoms with E-state index < -0.39 is 43.3 Å². The van der Waals surface area contributed by atoms with Crippen LogP contribution in [0.4, 0.5) is 30.7 Å².